The molecule has 0 amide bonds. The predicted molar refractivity (Wildman–Crippen MR) is 81.6 cm³/mol. The number of methoxy groups -OCH3 is 1. The molecular weight excluding hydrogens is 272 g/mol. The molecule has 3 rings (SSSR count). The zero-order valence-corrected chi connectivity index (χ0v) is 12.2. The fourth-order valence-corrected chi connectivity index (χ4v) is 3.51. The van der Waals surface area contributed by atoms with Gasteiger partial charge in [0.15, 0.2) is 5.16 Å². The van der Waals surface area contributed by atoms with Crippen molar-refractivity contribution in [1.29, 1.82) is 5.41 Å². The lowest BCUT2D eigenvalue weighted by atomic mass is 10.1. The van der Waals surface area contributed by atoms with E-state index in [1.54, 1.807) is 18.9 Å². The summed E-state index contributed by atoms with van der Waals surface area (Å²) in [6.07, 6.45) is 3.02. The summed E-state index contributed by atoms with van der Waals surface area (Å²) < 4.78 is 5.21. The Labute approximate surface area is 121 Å². The summed E-state index contributed by atoms with van der Waals surface area (Å²) in [5.74, 6) is 2.08. The van der Waals surface area contributed by atoms with Crippen molar-refractivity contribution in [2.24, 2.45) is 11.1 Å². The van der Waals surface area contributed by atoms with Crippen molar-refractivity contribution in [2.75, 3.05) is 12.9 Å². The van der Waals surface area contributed by atoms with Crippen LogP contribution in [0, 0.1) is 10.8 Å². The lowest BCUT2D eigenvalue weighted by Gasteiger charge is -2.11. The average Bonchev–Trinajstić information content (AvgIpc) is 3.04. The molecule has 0 radical (unpaired) electrons. The van der Waals surface area contributed by atoms with Gasteiger partial charge in [0.2, 0.25) is 0 Å². The number of aromatic nitrogens is 2. The van der Waals surface area contributed by atoms with Crippen molar-refractivity contribution in [2.45, 2.75) is 24.4 Å². The second kappa shape index (κ2) is 5.01. The lowest BCUT2D eigenvalue weighted by Crippen LogP contribution is -2.18. The smallest absolute Gasteiger partial charge is 0.166 e. The fourth-order valence-electron chi connectivity index (χ4n) is 2.34. The van der Waals surface area contributed by atoms with E-state index in [0.717, 1.165) is 40.5 Å². The second-order valence-electron chi connectivity index (χ2n) is 5.42. The van der Waals surface area contributed by atoms with Crippen LogP contribution < -0.4 is 10.5 Å². The Kier molecular flexibility index (Phi) is 3.33. The van der Waals surface area contributed by atoms with E-state index in [-0.39, 0.29) is 11.3 Å². The molecule has 1 aliphatic rings. The fraction of sp³-hybridized carbons (Fsp3) is 0.429. The molecule has 1 aliphatic carbocycles. The van der Waals surface area contributed by atoms with Crippen LogP contribution in [0.5, 0.6) is 5.75 Å². The minimum atomic E-state index is 0.229. The molecule has 1 heterocycles. The van der Waals surface area contributed by atoms with Crippen molar-refractivity contribution >= 4 is 28.6 Å². The van der Waals surface area contributed by atoms with E-state index in [1.807, 2.05) is 18.2 Å². The Bertz CT molecular complexity index is 648. The van der Waals surface area contributed by atoms with E-state index in [2.05, 4.69) is 9.97 Å². The highest BCUT2D eigenvalue weighted by Gasteiger charge is 2.43. The number of benzene rings is 1. The first kappa shape index (κ1) is 13.3. The third-order valence-electron chi connectivity index (χ3n) is 3.70. The summed E-state index contributed by atoms with van der Waals surface area (Å²) in [5, 5.41) is 8.36. The van der Waals surface area contributed by atoms with Crippen LogP contribution >= 0.6 is 11.8 Å². The average molecular weight is 290 g/mol. The lowest BCUT2D eigenvalue weighted by molar-refractivity contribution is 0.415. The maximum absolute atomic E-state index is 7.44. The van der Waals surface area contributed by atoms with Gasteiger partial charge in [-0.2, -0.15) is 0 Å². The molecule has 1 saturated carbocycles. The summed E-state index contributed by atoms with van der Waals surface area (Å²) in [4.78, 5) is 7.88. The number of fused-ring (bicyclic) bond motifs is 1. The van der Waals surface area contributed by atoms with Crippen LogP contribution in [-0.4, -0.2) is 28.7 Å². The van der Waals surface area contributed by atoms with E-state index >= 15 is 0 Å². The minimum absolute atomic E-state index is 0.229. The Morgan fingerprint density at radius 3 is 3.00 bits per heavy atom. The van der Waals surface area contributed by atoms with Gasteiger partial charge in [-0.25, -0.2) is 4.98 Å². The molecule has 0 saturated heterocycles. The van der Waals surface area contributed by atoms with Gasteiger partial charge >= 0.3 is 0 Å². The third-order valence-corrected chi connectivity index (χ3v) is 4.93. The van der Waals surface area contributed by atoms with Gasteiger partial charge in [-0.3, -0.25) is 5.41 Å². The predicted octanol–water partition coefficient (Wildman–Crippen LogP) is 2.77. The normalized spacial score (nSPS) is 16.2. The van der Waals surface area contributed by atoms with Crippen LogP contribution in [0.15, 0.2) is 23.4 Å². The van der Waals surface area contributed by atoms with Crippen LogP contribution in [-0.2, 0) is 0 Å². The molecule has 106 valence electrons. The Morgan fingerprint density at radius 1 is 1.55 bits per heavy atom. The molecule has 6 heteroatoms. The number of nitrogens with zero attached hydrogens (tertiary/aromatic N) is 1. The summed E-state index contributed by atoms with van der Waals surface area (Å²) in [5.41, 5.74) is 7.68. The van der Waals surface area contributed by atoms with Crippen LogP contribution in [0.3, 0.4) is 0 Å². The summed E-state index contributed by atoms with van der Waals surface area (Å²) in [6, 6.07) is 5.82. The van der Waals surface area contributed by atoms with Crippen molar-refractivity contribution in [3.63, 3.8) is 0 Å². The first-order valence-corrected chi connectivity index (χ1v) is 7.58. The van der Waals surface area contributed by atoms with Crippen molar-refractivity contribution in [1.82, 2.24) is 9.97 Å². The SMILES string of the molecule is COc1ccc2nc(SCC3(CC(=N)N)CC3)[nH]c2c1. The molecule has 0 atom stereocenters. The number of rotatable bonds is 6. The number of hydrogen-bond donors (Lipinski definition) is 3. The quantitative estimate of drug-likeness (QED) is 0.433. The number of aromatic amines is 1. The Balaban J connectivity index is 1.70. The molecule has 20 heavy (non-hydrogen) atoms. The number of H-pyrrole nitrogens is 1. The van der Waals surface area contributed by atoms with Crippen LogP contribution in [0.25, 0.3) is 11.0 Å². The molecule has 1 aromatic carbocycles. The standard InChI is InChI=1S/C14H18N4OS/c1-19-9-2-3-10-11(6-9)18-13(17-10)20-8-14(4-5-14)7-12(15)16/h2-3,6H,4-5,7-8H2,1H3,(H3,15,16)(H,17,18). The molecule has 5 nitrogen and oxygen atoms in total. The highest BCUT2D eigenvalue weighted by atomic mass is 32.2. The molecule has 0 aliphatic heterocycles. The van der Waals surface area contributed by atoms with E-state index in [0.29, 0.717) is 6.42 Å². The van der Waals surface area contributed by atoms with Gasteiger partial charge < -0.3 is 15.5 Å². The monoisotopic (exact) mass is 290 g/mol. The minimum Gasteiger partial charge on any atom is -0.497 e. The summed E-state index contributed by atoms with van der Waals surface area (Å²) in [6.45, 7) is 0. The number of amidine groups is 1. The maximum atomic E-state index is 7.44. The van der Waals surface area contributed by atoms with Crippen molar-refractivity contribution < 1.29 is 4.74 Å². The largest absolute Gasteiger partial charge is 0.497 e. The molecule has 1 aromatic heterocycles. The van der Waals surface area contributed by atoms with Gasteiger partial charge in [0.1, 0.15) is 5.75 Å². The molecule has 0 spiro atoms. The van der Waals surface area contributed by atoms with Crippen LogP contribution in [0.4, 0.5) is 0 Å². The Morgan fingerprint density at radius 2 is 2.35 bits per heavy atom. The van der Waals surface area contributed by atoms with Gasteiger partial charge in [0.25, 0.3) is 0 Å². The van der Waals surface area contributed by atoms with Gasteiger partial charge in [-0.05, 0) is 30.4 Å². The topological polar surface area (TPSA) is 87.8 Å². The van der Waals surface area contributed by atoms with Gasteiger partial charge in [0, 0.05) is 18.2 Å². The van der Waals surface area contributed by atoms with E-state index < -0.39 is 0 Å². The zero-order chi connectivity index (χ0) is 14.2. The molecule has 0 unspecified atom stereocenters. The highest BCUT2D eigenvalue weighted by Crippen LogP contribution is 2.51. The number of thioether (sulfide) groups is 1. The van der Waals surface area contributed by atoms with Gasteiger partial charge in [-0.15, -0.1) is 0 Å². The zero-order valence-electron chi connectivity index (χ0n) is 11.4. The van der Waals surface area contributed by atoms with Gasteiger partial charge in [0.05, 0.1) is 24.0 Å². The van der Waals surface area contributed by atoms with Crippen molar-refractivity contribution in [3.05, 3.63) is 18.2 Å². The Hall–Kier alpha value is -1.69. The molecular formula is C14H18N4OS. The van der Waals surface area contributed by atoms with Crippen LogP contribution in [0.2, 0.25) is 0 Å². The van der Waals surface area contributed by atoms with Crippen molar-refractivity contribution in [3.8, 4) is 5.75 Å². The first-order chi connectivity index (χ1) is 9.60. The van der Waals surface area contributed by atoms with Gasteiger partial charge in [-0.1, -0.05) is 11.8 Å². The molecule has 4 N–H and O–H groups in total. The first-order valence-electron chi connectivity index (χ1n) is 6.60. The number of nitrogens with two attached hydrogens (primary N) is 1. The molecule has 0 bridgehead atoms. The third kappa shape index (κ3) is 2.75. The summed E-state index contributed by atoms with van der Waals surface area (Å²) in [7, 11) is 1.66. The molecule has 1 fully saturated rings. The number of ether oxygens (including phenoxy) is 1. The maximum Gasteiger partial charge on any atom is 0.166 e. The second-order valence-corrected chi connectivity index (χ2v) is 6.38. The molecule has 2 aromatic rings. The van der Waals surface area contributed by atoms with Crippen LogP contribution in [0.1, 0.15) is 19.3 Å². The van der Waals surface area contributed by atoms with E-state index in [4.69, 9.17) is 15.9 Å². The van der Waals surface area contributed by atoms with E-state index in [1.165, 1.54) is 0 Å². The highest BCUT2D eigenvalue weighted by molar-refractivity contribution is 7.99. The van der Waals surface area contributed by atoms with E-state index in [9.17, 15) is 0 Å². The summed E-state index contributed by atoms with van der Waals surface area (Å²) >= 11 is 1.71. The number of nitrogens with one attached hydrogen (secondary N) is 2. The number of hydrogen-bond acceptors (Lipinski definition) is 4. The number of imidazole rings is 1.